The highest BCUT2D eigenvalue weighted by atomic mass is 16.3. The first-order chi connectivity index (χ1) is 11.3. The SMILES string of the molecule is OCc1cccc(-c2cncc(NCCc3cccnc3)n2)c1. The van der Waals surface area contributed by atoms with Crippen molar-refractivity contribution < 1.29 is 5.11 Å². The highest BCUT2D eigenvalue weighted by Crippen LogP contribution is 2.19. The number of hydrogen-bond donors (Lipinski definition) is 2. The zero-order valence-electron chi connectivity index (χ0n) is 12.7. The van der Waals surface area contributed by atoms with E-state index in [2.05, 4.69) is 26.3 Å². The van der Waals surface area contributed by atoms with Crippen LogP contribution in [0.2, 0.25) is 0 Å². The van der Waals surface area contributed by atoms with E-state index >= 15 is 0 Å². The zero-order chi connectivity index (χ0) is 15.9. The molecule has 0 spiro atoms. The molecule has 2 heterocycles. The van der Waals surface area contributed by atoms with E-state index in [1.807, 2.05) is 36.5 Å². The third-order valence-corrected chi connectivity index (χ3v) is 3.48. The van der Waals surface area contributed by atoms with Gasteiger partial charge >= 0.3 is 0 Å². The summed E-state index contributed by atoms with van der Waals surface area (Å²) in [7, 11) is 0. The summed E-state index contributed by atoms with van der Waals surface area (Å²) in [5, 5.41) is 12.5. The topological polar surface area (TPSA) is 70.9 Å². The van der Waals surface area contributed by atoms with E-state index in [-0.39, 0.29) is 6.61 Å². The summed E-state index contributed by atoms with van der Waals surface area (Å²) in [6.45, 7) is 0.783. The first-order valence-corrected chi connectivity index (χ1v) is 7.50. The number of rotatable bonds is 6. The van der Waals surface area contributed by atoms with Crippen molar-refractivity contribution >= 4 is 5.82 Å². The van der Waals surface area contributed by atoms with Crippen LogP contribution < -0.4 is 5.32 Å². The molecular weight excluding hydrogens is 288 g/mol. The summed E-state index contributed by atoms with van der Waals surface area (Å²) in [4.78, 5) is 12.9. The fourth-order valence-corrected chi connectivity index (χ4v) is 2.30. The molecule has 2 N–H and O–H groups in total. The Kier molecular flexibility index (Phi) is 4.91. The molecule has 0 radical (unpaired) electrons. The van der Waals surface area contributed by atoms with Gasteiger partial charge in [0.2, 0.25) is 0 Å². The van der Waals surface area contributed by atoms with Crippen LogP contribution in [0.15, 0.2) is 61.2 Å². The Balaban J connectivity index is 1.67. The summed E-state index contributed by atoms with van der Waals surface area (Å²) in [5.74, 6) is 0.737. The van der Waals surface area contributed by atoms with Gasteiger partial charge < -0.3 is 10.4 Å². The summed E-state index contributed by atoms with van der Waals surface area (Å²) < 4.78 is 0. The summed E-state index contributed by atoms with van der Waals surface area (Å²) in [5.41, 5.74) is 3.77. The van der Waals surface area contributed by atoms with Crippen LogP contribution >= 0.6 is 0 Å². The molecule has 0 saturated carbocycles. The van der Waals surface area contributed by atoms with Crippen LogP contribution in [0.5, 0.6) is 0 Å². The van der Waals surface area contributed by atoms with Gasteiger partial charge in [0, 0.05) is 24.5 Å². The molecule has 23 heavy (non-hydrogen) atoms. The Morgan fingerprint density at radius 3 is 2.70 bits per heavy atom. The first kappa shape index (κ1) is 15.1. The lowest BCUT2D eigenvalue weighted by Gasteiger charge is -2.08. The van der Waals surface area contributed by atoms with E-state index in [4.69, 9.17) is 0 Å². The van der Waals surface area contributed by atoms with Gasteiger partial charge in [0.15, 0.2) is 0 Å². The Labute approximate surface area is 135 Å². The van der Waals surface area contributed by atoms with E-state index in [0.29, 0.717) is 0 Å². The Bertz CT molecular complexity index is 762. The van der Waals surface area contributed by atoms with Crippen LogP contribution in [-0.2, 0) is 13.0 Å². The molecule has 116 valence electrons. The monoisotopic (exact) mass is 306 g/mol. The second-order valence-electron chi connectivity index (χ2n) is 5.19. The minimum atomic E-state index is 0.0182. The third kappa shape index (κ3) is 4.11. The van der Waals surface area contributed by atoms with Crippen LogP contribution in [0.25, 0.3) is 11.3 Å². The van der Waals surface area contributed by atoms with E-state index in [0.717, 1.165) is 35.6 Å². The van der Waals surface area contributed by atoms with Crippen molar-refractivity contribution in [2.75, 3.05) is 11.9 Å². The second kappa shape index (κ2) is 7.47. The average Bonchev–Trinajstić information content (AvgIpc) is 2.63. The number of benzene rings is 1. The molecular formula is C18H18N4O. The van der Waals surface area contributed by atoms with Crippen molar-refractivity contribution in [1.82, 2.24) is 15.0 Å². The van der Waals surface area contributed by atoms with Gasteiger partial charge in [-0.2, -0.15) is 0 Å². The largest absolute Gasteiger partial charge is 0.392 e. The molecule has 0 fully saturated rings. The normalized spacial score (nSPS) is 10.5. The molecule has 0 bridgehead atoms. The number of nitrogens with one attached hydrogen (secondary N) is 1. The zero-order valence-corrected chi connectivity index (χ0v) is 12.7. The van der Waals surface area contributed by atoms with Crippen LogP contribution in [0.1, 0.15) is 11.1 Å². The number of anilines is 1. The third-order valence-electron chi connectivity index (χ3n) is 3.48. The standard InChI is InChI=1S/C18H18N4O/c23-13-15-3-1-5-16(9-15)17-11-20-12-18(22-17)21-8-6-14-4-2-7-19-10-14/h1-5,7,9-12,23H,6,8,13H2,(H,21,22). The Morgan fingerprint density at radius 1 is 0.957 bits per heavy atom. The minimum absolute atomic E-state index is 0.0182. The van der Waals surface area contributed by atoms with Crippen LogP contribution in [0.4, 0.5) is 5.82 Å². The molecule has 0 saturated heterocycles. The van der Waals surface area contributed by atoms with Gasteiger partial charge in [-0.15, -0.1) is 0 Å². The molecule has 0 aliphatic carbocycles. The molecule has 0 aliphatic heterocycles. The molecule has 0 aliphatic rings. The second-order valence-corrected chi connectivity index (χ2v) is 5.19. The van der Waals surface area contributed by atoms with Crippen LogP contribution in [0.3, 0.4) is 0 Å². The van der Waals surface area contributed by atoms with Crippen molar-refractivity contribution in [3.8, 4) is 11.3 Å². The Morgan fingerprint density at radius 2 is 1.87 bits per heavy atom. The number of aliphatic hydroxyl groups excluding tert-OH is 1. The average molecular weight is 306 g/mol. The van der Waals surface area contributed by atoms with Crippen LogP contribution in [-0.4, -0.2) is 26.6 Å². The van der Waals surface area contributed by atoms with E-state index < -0.39 is 0 Å². The van der Waals surface area contributed by atoms with Crippen molar-refractivity contribution in [2.45, 2.75) is 13.0 Å². The van der Waals surface area contributed by atoms with Gasteiger partial charge in [-0.1, -0.05) is 24.3 Å². The molecule has 5 heteroatoms. The smallest absolute Gasteiger partial charge is 0.145 e. The molecule has 3 rings (SSSR count). The van der Waals surface area contributed by atoms with Gasteiger partial charge in [0.25, 0.3) is 0 Å². The van der Waals surface area contributed by atoms with E-state index in [1.54, 1.807) is 18.6 Å². The summed E-state index contributed by atoms with van der Waals surface area (Å²) in [6.07, 6.45) is 7.95. The van der Waals surface area contributed by atoms with Crippen molar-refractivity contribution in [1.29, 1.82) is 0 Å². The van der Waals surface area contributed by atoms with Gasteiger partial charge in [-0.25, -0.2) is 4.98 Å². The predicted octanol–water partition coefficient (Wildman–Crippen LogP) is 2.69. The maximum absolute atomic E-state index is 9.23. The van der Waals surface area contributed by atoms with Gasteiger partial charge in [0.05, 0.1) is 24.7 Å². The van der Waals surface area contributed by atoms with Gasteiger partial charge in [0.1, 0.15) is 5.82 Å². The van der Waals surface area contributed by atoms with Gasteiger partial charge in [-0.3, -0.25) is 9.97 Å². The fourth-order valence-electron chi connectivity index (χ4n) is 2.30. The lowest BCUT2D eigenvalue weighted by Crippen LogP contribution is -2.07. The van der Waals surface area contributed by atoms with Crippen molar-refractivity contribution in [2.24, 2.45) is 0 Å². The van der Waals surface area contributed by atoms with Gasteiger partial charge in [-0.05, 0) is 29.7 Å². The molecule has 2 aromatic heterocycles. The number of aliphatic hydroxyl groups is 1. The molecule has 1 aromatic carbocycles. The predicted molar refractivity (Wildman–Crippen MR) is 89.8 cm³/mol. The van der Waals surface area contributed by atoms with E-state index in [1.165, 1.54) is 5.56 Å². The molecule has 0 unspecified atom stereocenters. The Hall–Kier alpha value is -2.79. The fraction of sp³-hybridized carbons (Fsp3) is 0.167. The maximum atomic E-state index is 9.23. The first-order valence-electron chi connectivity index (χ1n) is 7.50. The lowest BCUT2D eigenvalue weighted by molar-refractivity contribution is 0.282. The highest BCUT2D eigenvalue weighted by Gasteiger charge is 2.03. The molecule has 3 aromatic rings. The molecule has 0 atom stereocenters. The quantitative estimate of drug-likeness (QED) is 0.732. The number of aromatic nitrogens is 3. The number of hydrogen-bond acceptors (Lipinski definition) is 5. The maximum Gasteiger partial charge on any atom is 0.145 e. The minimum Gasteiger partial charge on any atom is -0.392 e. The van der Waals surface area contributed by atoms with Crippen molar-refractivity contribution in [3.05, 3.63) is 72.3 Å². The molecule has 0 amide bonds. The summed E-state index contributed by atoms with van der Waals surface area (Å²) in [6, 6.07) is 11.7. The van der Waals surface area contributed by atoms with E-state index in [9.17, 15) is 5.11 Å². The number of nitrogens with zero attached hydrogens (tertiary/aromatic N) is 3. The van der Waals surface area contributed by atoms with Crippen LogP contribution in [0, 0.1) is 0 Å². The highest BCUT2D eigenvalue weighted by molar-refractivity contribution is 5.60. The summed E-state index contributed by atoms with van der Waals surface area (Å²) >= 11 is 0. The lowest BCUT2D eigenvalue weighted by atomic mass is 10.1. The number of pyridine rings is 1. The molecule has 5 nitrogen and oxygen atoms in total. The van der Waals surface area contributed by atoms with Crippen molar-refractivity contribution in [3.63, 3.8) is 0 Å².